The summed E-state index contributed by atoms with van der Waals surface area (Å²) in [6.07, 6.45) is 1.18. The zero-order chi connectivity index (χ0) is 12.5. The van der Waals surface area contributed by atoms with E-state index in [0.29, 0.717) is 0 Å². The Bertz CT molecular complexity index is 559. The molecular formula is C13H16ClN3S. The normalized spacial score (nSPS) is 17.1. The van der Waals surface area contributed by atoms with Gasteiger partial charge in [-0.3, -0.25) is 0 Å². The molecule has 0 unspecified atom stereocenters. The molecule has 1 aliphatic rings. The number of anilines is 1. The molecule has 0 atom stereocenters. The lowest BCUT2D eigenvalue weighted by Crippen LogP contribution is -2.27. The molecule has 0 bridgehead atoms. The second-order valence-electron chi connectivity index (χ2n) is 4.61. The lowest BCUT2D eigenvalue weighted by Gasteiger charge is -2.17. The zero-order valence-corrected chi connectivity index (χ0v) is 11.9. The van der Waals surface area contributed by atoms with E-state index in [9.17, 15) is 0 Å². The molecule has 1 saturated heterocycles. The van der Waals surface area contributed by atoms with Gasteiger partial charge >= 0.3 is 0 Å². The Morgan fingerprint density at radius 3 is 3.11 bits per heavy atom. The summed E-state index contributed by atoms with van der Waals surface area (Å²) in [6.45, 7) is 6.30. The molecule has 0 saturated carbocycles. The van der Waals surface area contributed by atoms with Crippen molar-refractivity contribution in [2.45, 2.75) is 13.3 Å². The Hall–Kier alpha value is -0.840. The Balaban J connectivity index is 1.99. The Morgan fingerprint density at radius 1 is 1.33 bits per heavy atom. The molecular weight excluding hydrogens is 266 g/mol. The van der Waals surface area contributed by atoms with Crippen LogP contribution in [0.15, 0.2) is 12.1 Å². The number of benzene rings is 1. The quantitative estimate of drug-likeness (QED) is 0.871. The van der Waals surface area contributed by atoms with Gasteiger partial charge in [-0.25, -0.2) is 4.98 Å². The number of hydrogen-bond acceptors (Lipinski definition) is 4. The Labute approximate surface area is 116 Å². The molecule has 2 heterocycles. The van der Waals surface area contributed by atoms with Crippen LogP contribution in [0.2, 0.25) is 5.02 Å². The van der Waals surface area contributed by atoms with Crippen molar-refractivity contribution in [2.75, 3.05) is 31.1 Å². The molecule has 0 radical (unpaired) electrons. The molecule has 2 aromatic rings. The van der Waals surface area contributed by atoms with Crippen molar-refractivity contribution in [3.8, 4) is 0 Å². The molecule has 0 amide bonds. The standard InChI is InChI=1S/C13H16ClN3S/c1-9-10(14)3-4-11-12(9)16-13(18-11)17-7-2-5-15-6-8-17/h3-4,15H,2,5-8H2,1H3. The maximum atomic E-state index is 6.15. The fourth-order valence-electron chi connectivity index (χ4n) is 2.26. The van der Waals surface area contributed by atoms with Crippen molar-refractivity contribution in [1.82, 2.24) is 10.3 Å². The van der Waals surface area contributed by atoms with Gasteiger partial charge in [0.1, 0.15) is 0 Å². The van der Waals surface area contributed by atoms with Gasteiger partial charge in [0.15, 0.2) is 5.13 Å². The van der Waals surface area contributed by atoms with Crippen LogP contribution in [-0.4, -0.2) is 31.2 Å². The van der Waals surface area contributed by atoms with Crippen LogP contribution >= 0.6 is 22.9 Å². The predicted molar refractivity (Wildman–Crippen MR) is 79.1 cm³/mol. The summed E-state index contributed by atoms with van der Waals surface area (Å²) in [6, 6.07) is 4.03. The van der Waals surface area contributed by atoms with Crippen LogP contribution in [0.5, 0.6) is 0 Å². The van der Waals surface area contributed by atoms with Crippen molar-refractivity contribution >= 4 is 38.3 Å². The van der Waals surface area contributed by atoms with Gasteiger partial charge in [-0.05, 0) is 37.6 Å². The maximum absolute atomic E-state index is 6.15. The van der Waals surface area contributed by atoms with Gasteiger partial charge in [0.05, 0.1) is 10.2 Å². The molecule has 5 heteroatoms. The summed E-state index contributed by atoms with van der Waals surface area (Å²) in [5.74, 6) is 0. The number of nitrogens with one attached hydrogen (secondary N) is 1. The number of aromatic nitrogens is 1. The van der Waals surface area contributed by atoms with Gasteiger partial charge in [0.2, 0.25) is 0 Å². The van der Waals surface area contributed by atoms with Crippen LogP contribution in [0.3, 0.4) is 0 Å². The van der Waals surface area contributed by atoms with E-state index in [1.54, 1.807) is 11.3 Å². The van der Waals surface area contributed by atoms with Crippen molar-refractivity contribution in [3.05, 3.63) is 22.7 Å². The first-order chi connectivity index (χ1) is 8.75. The fourth-order valence-corrected chi connectivity index (χ4v) is 3.49. The highest BCUT2D eigenvalue weighted by Crippen LogP contribution is 2.33. The van der Waals surface area contributed by atoms with Gasteiger partial charge in [-0.2, -0.15) is 0 Å². The van der Waals surface area contributed by atoms with Crippen LogP contribution in [0.4, 0.5) is 5.13 Å². The van der Waals surface area contributed by atoms with Gasteiger partial charge < -0.3 is 10.2 Å². The Morgan fingerprint density at radius 2 is 2.22 bits per heavy atom. The number of rotatable bonds is 1. The van der Waals surface area contributed by atoms with Crippen LogP contribution in [-0.2, 0) is 0 Å². The molecule has 0 aliphatic carbocycles. The minimum atomic E-state index is 0.803. The topological polar surface area (TPSA) is 28.2 Å². The second-order valence-corrected chi connectivity index (χ2v) is 6.02. The monoisotopic (exact) mass is 281 g/mol. The third-order valence-electron chi connectivity index (χ3n) is 3.35. The molecule has 1 fully saturated rings. The number of aryl methyl sites for hydroxylation is 1. The molecule has 3 rings (SSSR count). The molecule has 0 spiro atoms. The fraction of sp³-hybridized carbons (Fsp3) is 0.462. The summed E-state index contributed by atoms with van der Waals surface area (Å²) >= 11 is 7.91. The van der Waals surface area contributed by atoms with E-state index in [1.165, 1.54) is 11.1 Å². The average molecular weight is 282 g/mol. The maximum Gasteiger partial charge on any atom is 0.186 e. The highest BCUT2D eigenvalue weighted by Gasteiger charge is 2.15. The summed E-state index contributed by atoms with van der Waals surface area (Å²) in [5, 5.41) is 5.34. The first kappa shape index (κ1) is 12.2. The summed E-state index contributed by atoms with van der Waals surface area (Å²) in [4.78, 5) is 7.14. The SMILES string of the molecule is Cc1c(Cl)ccc2sc(N3CCCNCC3)nc12. The van der Waals surface area contributed by atoms with Gasteiger partial charge in [0.25, 0.3) is 0 Å². The summed E-state index contributed by atoms with van der Waals surface area (Å²) in [5.41, 5.74) is 2.14. The number of halogens is 1. The van der Waals surface area contributed by atoms with E-state index < -0.39 is 0 Å². The van der Waals surface area contributed by atoms with Crippen LogP contribution in [0.25, 0.3) is 10.2 Å². The average Bonchev–Trinajstić information content (AvgIpc) is 2.62. The highest BCUT2D eigenvalue weighted by molar-refractivity contribution is 7.22. The minimum Gasteiger partial charge on any atom is -0.347 e. The first-order valence-corrected chi connectivity index (χ1v) is 7.46. The van der Waals surface area contributed by atoms with E-state index in [-0.39, 0.29) is 0 Å². The Kier molecular flexibility index (Phi) is 3.41. The van der Waals surface area contributed by atoms with Crippen molar-refractivity contribution in [2.24, 2.45) is 0 Å². The molecule has 1 aromatic heterocycles. The number of thiazole rings is 1. The van der Waals surface area contributed by atoms with Crippen molar-refractivity contribution in [1.29, 1.82) is 0 Å². The van der Waals surface area contributed by atoms with E-state index >= 15 is 0 Å². The van der Waals surface area contributed by atoms with Crippen LogP contribution < -0.4 is 10.2 Å². The van der Waals surface area contributed by atoms with Gasteiger partial charge in [-0.15, -0.1) is 0 Å². The van der Waals surface area contributed by atoms with Gasteiger partial charge in [0, 0.05) is 24.7 Å². The van der Waals surface area contributed by atoms with E-state index in [4.69, 9.17) is 16.6 Å². The van der Waals surface area contributed by atoms with Crippen LogP contribution in [0.1, 0.15) is 12.0 Å². The highest BCUT2D eigenvalue weighted by atomic mass is 35.5. The minimum absolute atomic E-state index is 0.803. The third kappa shape index (κ3) is 2.20. The second kappa shape index (κ2) is 5.03. The molecule has 18 heavy (non-hydrogen) atoms. The molecule has 96 valence electrons. The predicted octanol–water partition coefficient (Wildman–Crippen LogP) is 3.06. The van der Waals surface area contributed by atoms with E-state index in [2.05, 4.69) is 16.3 Å². The largest absolute Gasteiger partial charge is 0.347 e. The van der Waals surface area contributed by atoms with E-state index in [0.717, 1.165) is 47.4 Å². The third-order valence-corrected chi connectivity index (χ3v) is 4.84. The van der Waals surface area contributed by atoms with Crippen molar-refractivity contribution < 1.29 is 0 Å². The number of nitrogens with zero attached hydrogens (tertiary/aromatic N) is 2. The molecule has 1 aromatic carbocycles. The molecule has 3 nitrogen and oxygen atoms in total. The summed E-state index contributed by atoms with van der Waals surface area (Å²) < 4.78 is 1.23. The number of hydrogen-bond donors (Lipinski definition) is 1. The zero-order valence-electron chi connectivity index (χ0n) is 10.4. The van der Waals surface area contributed by atoms with E-state index in [1.807, 2.05) is 13.0 Å². The molecule has 1 N–H and O–H groups in total. The first-order valence-electron chi connectivity index (χ1n) is 6.27. The van der Waals surface area contributed by atoms with Gasteiger partial charge in [-0.1, -0.05) is 22.9 Å². The number of fused-ring (bicyclic) bond motifs is 1. The lowest BCUT2D eigenvalue weighted by molar-refractivity contribution is 0.724. The summed E-state index contributed by atoms with van der Waals surface area (Å²) in [7, 11) is 0. The van der Waals surface area contributed by atoms with Crippen molar-refractivity contribution in [3.63, 3.8) is 0 Å². The smallest absolute Gasteiger partial charge is 0.186 e. The molecule has 1 aliphatic heterocycles. The lowest BCUT2D eigenvalue weighted by atomic mass is 10.2. The van der Waals surface area contributed by atoms with Crippen LogP contribution in [0, 0.1) is 6.92 Å².